The number of sulfonamides is 1. The van der Waals surface area contributed by atoms with Crippen LogP contribution < -0.4 is 19.1 Å². The van der Waals surface area contributed by atoms with E-state index in [0.29, 0.717) is 36.8 Å². The highest BCUT2D eigenvalue weighted by molar-refractivity contribution is 7.92. The van der Waals surface area contributed by atoms with Gasteiger partial charge in [-0.15, -0.1) is 0 Å². The number of rotatable bonds is 14. The van der Waals surface area contributed by atoms with E-state index in [-0.39, 0.29) is 43.8 Å². The van der Waals surface area contributed by atoms with Crippen LogP contribution in [0.3, 0.4) is 0 Å². The summed E-state index contributed by atoms with van der Waals surface area (Å²) in [5, 5.41) is 3.08. The van der Waals surface area contributed by atoms with E-state index in [9.17, 15) is 18.0 Å². The Kier molecular flexibility index (Phi) is 11.3. The monoisotopic (exact) mass is 621 g/mol. The molecule has 1 heterocycles. The summed E-state index contributed by atoms with van der Waals surface area (Å²) in [5.41, 5.74) is 3.36. The number of carbonyl (C=O) groups is 2. The molecule has 0 bridgehead atoms. The van der Waals surface area contributed by atoms with Crippen LogP contribution in [0.5, 0.6) is 11.5 Å². The van der Waals surface area contributed by atoms with Gasteiger partial charge >= 0.3 is 0 Å². The Morgan fingerprint density at radius 3 is 2.32 bits per heavy atom. The summed E-state index contributed by atoms with van der Waals surface area (Å²) >= 11 is 0. The van der Waals surface area contributed by atoms with E-state index in [1.165, 1.54) is 4.31 Å². The topological polar surface area (TPSA) is 105 Å². The number of ether oxygens (including phenoxy) is 2. The standard InChI is InChI=1S/C34H43N3O6S/c1-5-26(3)35-34(39)30(22-27-12-7-6-8-13-27)36(24-28-14-9-11-25(2)21-28)33(38)15-10-18-37(44(4,40)41)29-16-17-31-32(23-29)43-20-19-42-31/h6-9,11-14,16-17,21,23,26,30H,5,10,15,18-20,22,24H2,1-4H3,(H,35,39)/t26-,30+/m1/s1. The number of nitrogens with one attached hydrogen (secondary N) is 1. The van der Waals surface area contributed by atoms with Gasteiger partial charge in [0.05, 0.1) is 11.9 Å². The summed E-state index contributed by atoms with van der Waals surface area (Å²) in [6.45, 7) is 7.10. The van der Waals surface area contributed by atoms with Crippen LogP contribution >= 0.6 is 0 Å². The molecule has 0 aromatic heterocycles. The van der Waals surface area contributed by atoms with Crippen LogP contribution in [0.2, 0.25) is 0 Å². The Morgan fingerprint density at radius 1 is 0.932 bits per heavy atom. The van der Waals surface area contributed by atoms with Crippen molar-refractivity contribution in [2.45, 2.75) is 65.1 Å². The maximum absolute atomic E-state index is 14.0. The zero-order valence-electron chi connectivity index (χ0n) is 26.0. The molecule has 1 N–H and O–H groups in total. The van der Waals surface area contributed by atoms with Gasteiger partial charge in [0.1, 0.15) is 19.3 Å². The minimum absolute atomic E-state index is 0.0500. The third-order valence-corrected chi connectivity index (χ3v) is 8.87. The van der Waals surface area contributed by atoms with Gasteiger partial charge in [0.2, 0.25) is 21.8 Å². The molecule has 0 saturated heterocycles. The molecule has 4 rings (SSSR count). The van der Waals surface area contributed by atoms with Crippen LogP contribution in [0.1, 0.15) is 49.8 Å². The smallest absolute Gasteiger partial charge is 0.243 e. The molecule has 10 heteroatoms. The number of nitrogens with zero attached hydrogens (tertiary/aromatic N) is 2. The quantitative estimate of drug-likeness (QED) is 0.276. The summed E-state index contributed by atoms with van der Waals surface area (Å²) in [4.78, 5) is 29.4. The molecule has 0 unspecified atom stereocenters. The largest absolute Gasteiger partial charge is 0.486 e. The van der Waals surface area contributed by atoms with Crippen molar-refractivity contribution in [3.05, 3.63) is 89.5 Å². The average molecular weight is 622 g/mol. The van der Waals surface area contributed by atoms with E-state index in [1.807, 2.05) is 75.4 Å². The fraction of sp³-hybridized carbons (Fsp3) is 0.412. The molecular formula is C34H43N3O6S. The second kappa shape index (κ2) is 15.1. The number of hydrogen-bond acceptors (Lipinski definition) is 6. The molecular weight excluding hydrogens is 578 g/mol. The van der Waals surface area contributed by atoms with E-state index < -0.39 is 16.1 Å². The number of amides is 2. The van der Waals surface area contributed by atoms with Gasteiger partial charge in [0.25, 0.3) is 0 Å². The SMILES string of the molecule is CC[C@@H](C)NC(=O)[C@H](Cc1ccccc1)N(Cc1cccc(C)c1)C(=O)CCCN(c1ccc2c(c1)OCCO2)S(C)(=O)=O. The van der Waals surface area contributed by atoms with Crippen LogP contribution in [0.15, 0.2) is 72.8 Å². The highest BCUT2D eigenvalue weighted by Gasteiger charge is 2.31. The molecule has 2 atom stereocenters. The highest BCUT2D eigenvalue weighted by atomic mass is 32.2. The van der Waals surface area contributed by atoms with Crippen molar-refractivity contribution in [2.24, 2.45) is 0 Å². The average Bonchev–Trinajstić information content (AvgIpc) is 3.00. The van der Waals surface area contributed by atoms with Gasteiger partial charge in [-0.1, -0.05) is 67.1 Å². The zero-order chi connectivity index (χ0) is 31.7. The summed E-state index contributed by atoms with van der Waals surface area (Å²) < 4.78 is 38.2. The first-order valence-corrected chi connectivity index (χ1v) is 17.0. The minimum atomic E-state index is -3.65. The Hall–Kier alpha value is -4.05. The normalized spacial score (nSPS) is 13.9. The molecule has 44 heavy (non-hydrogen) atoms. The first-order valence-electron chi connectivity index (χ1n) is 15.1. The van der Waals surface area contributed by atoms with E-state index in [1.54, 1.807) is 23.1 Å². The second-order valence-electron chi connectivity index (χ2n) is 11.3. The van der Waals surface area contributed by atoms with Crippen LogP contribution in [-0.4, -0.2) is 63.2 Å². The number of aryl methyl sites for hydroxylation is 1. The molecule has 0 radical (unpaired) electrons. The first-order chi connectivity index (χ1) is 21.0. The third kappa shape index (κ3) is 8.98. The van der Waals surface area contributed by atoms with Crippen LogP contribution in [-0.2, 0) is 32.6 Å². The molecule has 3 aromatic carbocycles. The van der Waals surface area contributed by atoms with Gasteiger partial charge in [-0.2, -0.15) is 0 Å². The molecule has 1 aliphatic rings. The fourth-order valence-corrected chi connectivity index (χ4v) is 6.15. The molecule has 236 valence electrons. The van der Waals surface area contributed by atoms with Crippen molar-refractivity contribution < 1.29 is 27.5 Å². The van der Waals surface area contributed by atoms with Crippen molar-refractivity contribution in [2.75, 3.05) is 30.3 Å². The van der Waals surface area contributed by atoms with Gasteiger partial charge in [-0.3, -0.25) is 13.9 Å². The van der Waals surface area contributed by atoms with Gasteiger partial charge in [-0.25, -0.2) is 8.42 Å². The summed E-state index contributed by atoms with van der Waals surface area (Å²) in [6, 6.07) is 21.8. The van der Waals surface area contributed by atoms with E-state index in [0.717, 1.165) is 29.4 Å². The first kappa shape index (κ1) is 32.9. The Morgan fingerprint density at radius 2 is 1.64 bits per heavy atom. The number of anilines is 1. The predicted octanol–water partition coefficient (Wildman–Crippen LogP) is 4.87. The Bertz CT molecular complexity index is 1530. The molecule has 9 nitrogen and oxygen atoms in total. The van der Waals surface area contributed by atoms with Gasteiger partial charge in [0, 0.05) is 38.0 Å². The predicted molar refractivity (Wildman–Crippen MR) is 172 cm³/mol. The lowest BCUT2D eigenvalue weighted by Crippen LogP contribution is -2.52. The second-order valence-corrected chi connectivity index (χ2v) is 13.2. The molecule has 1 aliphatic heterocycles. The van der Waals surface area contributed by atoms with Crippen LogP contribution in [0.25, 0.3) is 0 Å². The Labute approximate surface area is 261 Å². The van der Waals surface area contributed by atoms with Crippen molar-refractivity contribution in [3.8, 4) is 11.5 Å². The summed E-state index contributed by atoms with van der Waals surface area (Å²) in [5.74, 6) is 0.620. The summed E-state index contributed by atoms with van der Waals surface area (Å²) in [7, 11) is -3.65. The molecule has 0 aliphatic carbocycles. The Balaban J connectivity index is 1.58. The third-order valence-electron chi connectivity index (χ3n) is 7.67. The van der Waals surface area contributed by atoms with E-state index >= 15 is 0 Å². The van der Waals surface area contributed by atoms with Gasteiger partial charge < -0.3 is 19.7 Å². The van der Waals surface area contributed by atoms with E-state index in [4.69, 9.17) is 9.47 Å². The number of hydrogen-bond donors (Lipinski definition) is 1. The molecule has 0 saturated carbocycles. The highest BCUT2D eigenvalue weighted by Crippen LogP contribution is 2.35. The van der Waals surface area contributed by atoms with Crippen molar-refractivity contribution in [1.82, 2.24) is 10.2 Å². The number of fused-ring (bicyclic) bond motifs is 1. The van der Waals surface area contributed by atoms with Crippen molar-refractivity contribution >= 4 is 27.5 Å². The lowest BCUT2D eigenvalue weighted by molar-refractivity contribution is -0.141. The van der Waals surface area contributed by atoms with Crippen molar-refractivity contribution in [1.29, 1.82) is 0 Å². The van der Waals surface area contributed by atoms with Crippen LogP contribution in [0.4, 0.5) is 5.69 Å². The molecule has 0 fully saturated rings. The van der Waals surface area contributed by atoms with E-state index in [2.05, 4.69) is 5.32 Å². The van der Waals surface area contributed by atoms with Gasteiger partial charge in [-0.05, 0) is 49.9 Å². The van der Waals surface area contributed by atoms with Crippen molar-refractivity contribution in [3.63, 3.8) is 0 Å². The lowest BCUT2D eigenvalue weighted by atomic mass is 10.0. The number of carbonyl (C=O) groups excluding carboxylic acids is 2. The fourth-order valence-electron chi connectivity index (χ4n) is 5.19. The summed E-state index contributed by atoms with van der Waals surface area (Å²) in [6.07, 6.45) is 2.58. The van der Waals surface area contributed by atoms with Crippen LogP contribution in [0, 0.1) is 6.92 Å². The molecule has 3 aromatic rings. The lowest BCUT2D eigenvalue weighted by Gasteiger charge is -2.33. The zero-order valence-corrected chi connectivity index (χ0v) is 26.8. The molecule has 0 spiro atoms. The maximum atomic E-state index is 14.0. The number of benzene rings is 3. The molecule has 2 amide bonds. The van der Waals surface area contributed by atoms with Gasteiger partial charge in [0.15, 0.2) is 11.5 Å². The minimum Gasteiger partial charge on any atom is -0.486 e. The maximum Gasteiger partial charge on any atom is 0.243 e.